The van der Waals surface area contributed by atoms with Gasteiger partial charge in [0.1, 0.15) is 11.7 Å². The van der Waals surface area contributed by atoms with Gasteiger partial charge in [0.05, 0.1) is 18.4 Å². The van der Waals surface area contributed by atoms with Crippen LogP contribution in [0.5, 0.6) is 0 Å². The lowest BCUT2D eigenvalue weighted by molar-refractivity contribution is -0.137. The highest BCUT2D eigenvalue weighted by atomic mass is 16.4. The Morgan fingerprint density at radius 2 is 2.00 bits per heavy atom. The van der Waals surface area contributed by atoms with Gasteiger partial charge in [-0.25, -0.2) is 0 Å². The van der Waals surface area contributed by atoms with Crippen molar-refractivity contribution in [2.24, 2.45) is 13.0 Å². The second-order valence-corrected chi connectivity index (χ2v) is 7.41. The van der Waals surface area contributed by atoms with Crippen molar-refractivity contribution in [3.63, 3.8) is 0 Å². The number of aromatic nitrogens is 1. The number of carboxylic acids is 1. The first-order valence-corrected chi connectivity index (χ1v) is 9.68. The molecule has 3 N–H and O–H groups in total. The fourth-order valence-electron chi connectivity index (χ4n) is 3.95. The van der Waals surface area contributed by atoms with Gasteiger partial charge < -0.3 is 20.3 Å². The summed E-state index contributed by atoms with van der Waals surface area (Å²) in [6, 6.07) is 9.87. The standard InChI is InChI=1S/C21H24N4O4/c1-25-17-9-5-2-6-13(17)10-18(25)21(29)24-16-8-4-3-7-15(16)20(28)23-14(12-22)11-19(26)27/h2,5-6,9-10,14-16H,3-4,7-8,11H2,1H3,(H,23,28)(H,24,29)(H,26,27)/t14-,15+,16-/m0/s1. The van der Waals surface area contributed by atoms with Crippen molar-refractivity contribution >= 4 is 28.7 Å². The number of nitrogens with zero attached hydrogens (tertiary/aromatic N) is 2. The number of aryl methyl sites for hydroxylation is 1. The largest absolute Gasteiger partial charge is 0.481 e. The molecule has 8 heteroatoms. The third kappa shape index (κ3) is 4.57. The zero-order chi connectivity index (χ0) is 21.0. The third-order valence-corrected chi connectivity index (χ3v) is 5.45. The zero-order valence-electron chi connectivity index (χ0n) is 16.2. The molecule has 0 aliphatic heterocycles. The molecule has 1 aliphatic rings. The number of carbonyl (C=O) groups excluding carboxylic acids is 2. The maximum absolute atomic E-state index is 12.9. The Balaban J connectivity index is 1.73. The topological polar surface area (TPSA) is 124 Å². The number of aliphatic carboxylic acids is 1. The van der Waals surface area contributed by atoms with Crippen molar-refractivity contribution < 1.29 is 19.5 Å². The molecule has 1 aromatic heterocycles. The number of para-hydroxylation sites is 1. The molecule has 29 heavy (non-hydrogen) atoms. The summed E-state index contributed by atoms with van der Waals surface area (Å²) < 4.78 is 1.82. The van der Waals surface area contributed by atoms with E-state index >= 15 is 0 Å². The van der Waals surface area contributed by atoms with Crippen LogP contribution in [0.15, 0.2) is 30.3 Å². The number of hydrogen-bond acceptors (Lipinski definition) is 4. The van der Waals surface area contributed by atoms with Crippen molar-refractivity contribution in [2.45, 2.75) is 44.2 Å². The van der Waals surface area contributed by atoms with Crippen molar-refractivity contribution in [3.05, 3.63) is 36.0 Å². The number of carbonyl (C=O) groups is 3. The van der Waals surface area contributed by atoms with E-state index in [1.54, 1.807) is 6.07 Å². The smallest absolute Gasteiger partial charge is 0.306 e. The monoisotopic (exact) mass is 396 g/mol. The summed E-state index contributed by atoms with van der Waals surface area (Å²) in [6.45, 7) is 0. The first kappa shape index (κ1) is 20.4. The van der Waals surface area contributed by atoms with Crippen LogP contribution in [0.4, 0.5) is 0 Å². The Labute approximate surface area is 168 Å². The highest BCUT2D eigenvalue weighted by Crippen LogP contribution is 2.26. The Hall–Kier alpha value is -3.34. The first-order valence-electron chi connectivity index (χ1n) is 9.68. The number of nitrogens with one attached hydrogen (secondary N) is 2. The van der Waals surface area contributed by atoms with Gasteiger partial charge in [0.2, 0.25) is 5.91 Å². The van der Waals surface area contributed by atoms with Gasteiger partial charge in [-0.3, -0.25) is 14.4 Å². The van der Waals surface area contributed by atoms with E-state index in [4.69, 9.17) is 10.4 Å². The van der Waals surface area contributed by atoms with E-state index in [0.717, 1.165) is 23.7 Å². The van der Waals surface area contributed by atoms with Gasteiger partial charge in [-0.2, -0.15) is 5.26 Å². The minimum atomic E-state index is -1.15. The molecule has 2 amide bonds. The summed E-state index contributed by atoms with van der Waals surface area (Å²) in [5.41, 5.74) is 1.46. The van der Waals surface area contributed by atoms with Crippen LogP contribution in [0.3, 0.4) is 0 Å². The van der Waals surface area contributed by atoms with Gasteiger partial charge in [0, 0.05) is 24.0 Å². The summed E-state index contributed by atoms with van der Waals surface area (Å²) in [7, 11) is 1.83. The second-order valence-electron chi connectivity index (χ2n) is 7.41. The van der Waals surface area contributed by atoms with Crippen LogP contribution < -0.4 is 10.6 Å². The van der Waals surface area contributed by atoms with Crippen molar-refractivity contribution in [3.8, 4) is 6.07 Å². The van der Waals surface area contributed by atoms with Gasteiger partial charge in [0.25, 0.3) is 5.91 Å². The predicted molar refractivity (Wildman–Crippen MR) is 106 cm³/mol. The average Bonchev–Trinajstić information content (AvgIpc) is 3.04. The number of hydrogen-bond donors (Lipinski definition) is 3. The molecule has 0 saturated heterocycles. The van der Waals surface area contributed by atoms with Crippen molar-refractivity contribution in [1.29, 1.82) is 5.26 Å². The maximum Gasteiger partial charge on any atom is 0.306 e. The van der Waals surface area contributed by atoms with Gasteiger partial charge in [0.15, 0.2) is 0 Å². The summed E-state index contributed by atoms with van der Waals surface area (Å²) in [4.78, 5) is 36.4. The minimum absolute atomic E-state index is 0.254. The lowest BCUT2D eigenvalue weighted by atomic mass is 9.83. The summed E-state index contributed by atoms with van der Waals surface area (Å²) in [5, 5.41) is 24.4. The first-order chi connectivity index (χ1) is 13.9. The molecule has 2 aromatic rings. The van der Waals surface area contributed by atoms with Gasteiger partial charge in [-0.05, 0) is 25.0 Å². The number of benzene rings is 1. The highest BCUT2D eigenvalue weighted by molar-refractivity contribution is 5.99. The molecule has 3 atom stereocenters. The molecule has 1 fully saturated rings. The van der Waals surface area contributed by atoms with E-state index < -0.39 is 24.3 Å². The zero-order valence-corrected chi connectivity index (χ0v) is 16.2. The fraction of sp³-hybridized carbons (Fsp3) is 0.429. The Bertz CT molecular complexity index is 975. The molecule has 0 radical (unpaired) electrons. The van der Waals surface area contributed by atoms with Crippen LogP contribution in [0.25, 0.3) is 10.9 Å². The van der Waals surface area contributed by atoms with E-state index in [2.05, 4.69) is 10.6 Å². The molecule has 1 aromatic carbocycles. The van der Waals surface area contributed by atoms with Crippen LogP contribution in [0, 0.1) is 17.2 Å². The molecule has 1 heterocycles. The molecular formula is C21H24N4O4. The molecule has 1 aliphatic carbocycles. The quantitative estimate of drug-likeness (QED) is 0.688. The van der Waals surface area contributed by atoms with E-state index in [-0.39, 0.29) is 17.9 Å². The Morgan fingerprint density at radius 3 is 2.69 bits per heavy atom. The summed E-state index contributed by atoms with van der Waals surface area (Å²) in [5.74, 6) is -2.29. The predicted octanol–water partition coefficient (Wildman–Crippen LogP) is 1.95. The normalized spacial score (nSPS) is 19.9. The van der Waals surface area contributed by atoms with Crippen LogP contribution in [0.1, 0.15) is 42.6 Å². The van der Waals surface area contributed by atoms with Crippen LogP contribution in [0.2, 0.25) is 0 Å². The second kappa shape index (κ2) is 8.78. The van der Waals surface area contributed by atoms with E-state index in [0.29, 0.717) is 18.5 Å². The van der Waals surface area contributed by atoms with Crippen molar-refractivity contribution in [2.75, 3.05) is 0 Å². The minimum Gasteiger partial charge on any atom is -0.481 e. The van der Waals surface area contributed by atoms with Crippen LogP contribution in [-0.4, -0.2) is 39.5 Å². The van der Waals surface area contributed by atoms with E-state index in [9.17, 15) is 14.4 Å². The maximum atomic E-state index is 12.9. The molecule has 152 valence electrons. The van der Waals surface area contributed by atoms with E-state index in [1.165, 1.54) is 0 Å². The van der Waals surface area contributed by atoms with Crippen LogP contribution >= 0.6 is 0 Å². The number of carboxylic acid groups (broad SMARTS) is 1. The highest BCUT2D eigenvalue weighted by Gasteiger charge is 2.33. The molecule has 0 bridgehead atoms. The van der Waals surface area contributed by atoms with E-state index in [1.807, 2.05) is 41.9 Å². The summed E-state index contributed by atoms with van der Waals surface area (Å²) >= 11 is 0. The number of rotatable bonds is 6. The lowest BCUT2D eigenvalue weighted by Crippen LogP contribution is -2.50. The van der Waals surface area contributed by atoms with Gasteiger partial charge in [-0.15, -0.1) is 0 Å². The van der Waals surface area contributed by atoms with Gasteiger partial charge >= 0.3 is 5.97 Å². The molecule has 0 spiro atoms. The average molecular weight is 396 g/mol. The number of nitriles is 1. The number of fused-ring (bicyclic) bond motifs is 1. The molecule has 8 nitrogen and oxygen atoms in total. The lowest BCUT2D eigenvalue weighted by Gasteiger charge is -2.31. The molecule has 1 saturated carbocycles. The molecular weight excluding hydrogens is 372 g/mol. The number of amides is 2. The summed E-state index contributed by atoms with van der Waals surface area (Å²) in [6.07, 6.45) is 2.51. The third-order valence-electron chi connectivity index (χ3n) is 5.45. The van der Waals surface area contributed by atoms with Crippen molar-refractivity contribution in [1.82, 2.24) is 15.2 Å². The van der Waals surface area contributed by atoms with Crippen LogP contribution in [-0.2, 0) is 16.6 Å². The molecule has 0 unspecified atom stereocenters. The Morgan fingerprint density at radius 1 is 1.28 bits per heavy atom. The fourth-order valence-corrected chi connectivity index (χ4v) is 3.95. The van der Waals surface area contributed by atoms with Gasteiger partial charge in [-0.1, -0.05) is 31.0 Å². The molecule has 3 rings (SSSR count). The Kier molecular flexibility index (Phi) is 6.17. The SMILES string of the molecule is Cn1c(C(=O)N[C@H]2CCCC[C@H]2C(=O)N[C@H](C#N)CC(=O)O)cc2ccccc21.